The number of nitrogens with one attached hydrogen (secondary N) is 1. The molecule has 8 atom stereocenters. The van der Waals surface area contributed by atoms with Crippen molar-refractivity contribution >= 4 is 28.5 Å². The highest BCUT2D eigenvalue weighted by molar-refractivity contribution is 8.14. The smallest absolute Gasteiger partial charge is 0.325 e. The van der Waals surface area contributed by atoms with Crippen LogP contribution in [0.3, 0.4) is 0 Å². The molecule has 0 aromatic heterocycles. The minimum atomic E-state index is -5.28. The summed E-state index contributed by atoms with van der Waals surface area (Å²) >= 11 is 1.40. The summed E-state index contributed by atoms with van der Waals surface area (Å²) in [7, 11) is 0. The van der Waals surface area contributed by atoms with E-state index in [-0.39, 0.29) is 27.1 Å². The van der Waals surface area contributed by atoms with Gasteiger partial charge in [-0.1, -0.05) is 44.7 Å². The summed E-state index contributed by atoms with van der Waals surface area (Å²) in [4.78, 5) is 25.4. The summed E-state index contributed by atoms with van der Waals surface area (Å²) in [6.07, 6.45) is -3.11. The third-order valence-corrected chi connectivity index (χ3v) is 11.3. The van der Waals surface area contributed by atoms with Gasteiger partial charge >= 0.3 is 12.4 Å². The topological polar surface area (TPSA) is 46.2 Å². The number of rotatable bonds is 2. The summed E-state index contributed by atoms with van der Waals surface area (Å²) in [5, 5.41) is 2.50. The second-order valence-electron chi connectivity index (χ2n) is 12.2. The van der Waals surface area contributed by atoms with E-state index in [4.69, 9.17) is 0 Å². The van der Waals surface area contributed by atoms with Gasteiger partial charge in [0.05, 0.1) is 16.8 Å². The lowest BCUT2D eigenvalue weighted by atomic mass is 9.48. The van der Waals surface area contributed by atoms with Crippen LogP contribution in [-0.4, -0.2) is 16.3 Å². The Bertz CT molecular complexity index is 1180. The number of hydrogen-bond donors (Lipinski definition) is 1. The summed E-state index contributed by atoms with van der Waals surface area (Å²) in [5.41, 5.74) is -4.85. The monoisotopic (exact) mass is 559 g/mol. The molecule has 0 radical (unpaired) electrons. The number of halogens is 6. The van der Waals surface area contributed by atoms with Crippen LogP contribution in [0.25, 0.3) is 0 Å². The molecule has 0 bridgehead atoms. The van der Waals surface area contributed by atoms with Gasteiger partial charge in [0.2, 0.25) is 11.0 Å². The van der Waals surface area contributed by atoms with Crippen LogP contribution in [0.5, 0.6) is 0 Å². The van der Waals surface area contributed by atoms with Crippen LogP contribution < -0.4 is 5.32 Å². The van der Waals surface area contributed by atoms with Gasteiger partial charge in [0.15, 0.2) is 0 Å². The van der Waals surface area contributed by atoms with Gasteiger partial charge in [0.25, 0.3) is 0 Å². The molecule has 3 nitrogen and oxygen atoms in total. The van der Waals surface area contributed by atoms with Crippen molar-refractivity contribution in [3.63, 3.8) is 0 Å². The fourth-order valence-electron chi connectivity index (χ4n) is 8.23. The molecule has 3 fully saturated rings. The maximum absolute atomic E-state index is 13.7. The van der Waals surface area contributed by atoms with Gasteiger partial charge in [-0.2, -0.15) is 26.3 Å². The molecule has 1 amide bonds. The predicted molar refractivity (Wildman–Crippen MR) is 133 cm³/mol. The second kappa shape index (κ2) is 9.03. The van der Waals surface area contributed by atoms with Crippen molar-refractivity contribution < 1.29 is 35.9 Å². The fourth-order valence-corrected chi connectivity index (χ4v) is 9.56. The Hall–Kier alpha value is -1.97. The average molecular weight is 560 g/mol. The van der Waals surface area contributed by atoms with E-state index in [1.54, 1.807) is 6.08 Å². The van der Waals surface area contributed by atoms with Gasteiger partial charge in [-0.25, -0.2) is 0 Å². The zero-order chi connectivity index (χ0) is 27.8. The molecule has 10 heteroatoms. The number of allylic oxidation sites excluding steroid dienone is 1. The minimum Gasteiger partial charge on any atom is -0.325 e. The largest absolute Gasteiger partial charge is 0.419 e. The van der Waals surface area contributed by atoms with Gasteiger partial charge in [0.1, 0.15) is 0 Å². The van der Waals surface area contributed by atoms with Crippen molar-refractivity contribution in [2.24, 2.45) is 40.4 Å². The number of benzene rings is 1. The summed E-state index contributed by atoms with van der Waals surface area (Å²) in [6.45, 7) is 6.55. The Kier molecular flexibility index (Phi) is 6.56. The first-order valence-corrected chi connectivity index (χ1v) is 13.9. The van der Waals surface area contributed by atoms with Gasteiger partial charge in [-0.15, -0.1) is 0 Å². The van der Waals surface area contributed by atoms with E-state index in [9.17, 15) is 35.9 Å². The van der Waals surface area contributed by atoms with E-state index in [0.717, 1.165) is 31.4 Å². The third-order valence-electron chi connectivity index (χ3n) is 9.96. The molecule has 1 aromatic carbocycles. The molecule has 1 N–H and O–H groups in total. The lowest BCUT2D eigenvalue weighted by molar-refractivity contribution is -0.161. The van der Waals surface area contributed by atoms with Crippen molar-refractivity contribution in [1.29, 1.82) is 0 Å². The average Bonchev–Trinajstić information content (AvgIpc) is 3.16. The maximum atomic E-state index is 13.7. The van der Waals surface area contributed by atoms with Crippen LogP contribution in [-0.2, 0) is 21.9 Å². The lowest BCUT2D eigenvalue weighted by Crippen LogP contribution is -2.55. The third kappa shape index (κ3) is 4.48. The molecule has 38 heavy (non-hydrogen) atoms. The Balaban J connectivity index is 1.41. The molecule has 208 valence electrons. The molecule has 1 aliphatic heterocycles. The SMILES string of the molecule is CC1CC2SC(=O)C=C[C@]2(C)[C@@H]2CC[C@]3(C)CC(C(=O)Nc4cccc(C(F)(F)F)c4C(F)(F)F)C[C@H]3[C@H]12. The Labute approximate surface area is 222 Å². The van der Waals surface area contributed by atoms with Gasteiger partial charge < -0.3 is 5.32 Å². The number of carbonyl (C=O) groups excluding carboxylic acids is 2. The van der Waals surface area contributed by atoms with Crippen LogP contribution >= 0.6 is 11.8 Å². The van der Waals surface area contributed by atoms with Crippen molar-refractivity contribution in [2.45, 2.75) is 70.5 Å². The van der Waals surface area contributed by atoms with Crippen LogP contribution in [0, 0.1) is 40.4 Å². The highest BCUT2D eigenvalue weighted by Crippen LogP contribution is 2.67. The summed E-state index contributed by atoms with van der Waals surface area (Å²) in [5.74, 6) is -0.136. The Morgan fingerprint density at radius 2 is 1.76 bits per heavy atom. The van der Waals surface area contributed by atoms with Gasteiger partial charge in [-0.05, 0) is 79.4 Å². The van der Waals surface area contributed by atoms with E-state index >= 15 is 0 Å². The number of hydrogen-bond acceptors (Lipinski definition) is 3. The van der Waals surface area contributed by atoms with Crippen molar-refractivity contribution in [2.75, 3.05) is 5.32 Å². The van der Waals surface area contributed by atoms with E-state index in [1.165, 1.54) is 11.8 Å². The van der Waals surface area contributed by atoms with E-state index in [0.29, 0.717) is 36.7 Å². The first kappa shape index (κ1) is 27.6. The number of alkyl halides is 6. The number of anilines is 1. The number of thioether (sulfide) groups is 1. The minimum absolute atomic E-state index is 0.0733. The van der Waals surface area contributed by atoms with Gasteiger partial charge in [-0.3, -0.25) is 9.59 Å². The molecule has 1 heterocycles. The summed E-state index contributed by atoms with van der Waals surface area (Å²) < 4.78 is 81.3. The Morgan fingerprint density at radius 1 is 1.05 bits per heavy atom. The lowest BCUT2D eigenvalue weighted by Gasteiger charge is -2.60. The zero-order valence-corrected chi connectivity index (χ0v) is 22.2. The molecule has 0 spiro atoms. The number of carbonyl (C=O) groups is 2. The molecule has 1 aromatic rings. The van der Waals surface area contributed by atoms with E-state index in [1.807, 2.05) is 0 Å². The van der Waals surface area contributed by atoms with Gasteiger partial charge in [0, 0.05) is 16.6 Å². The molecule has 3 unspecified atom stereocenters. The predicted octanol–water partition coefficient (Wildman–Crippen LogP) is 7.97. The molecule has 0 saturated heterocycles. The maximum Gasteiger partial charge on any atom is 0.419 e. The van der Waals surface area contributed by atoms with Crippen molar-refractivity contribution in [3.8, 4) is 0 Å². The highest BCUT2D eigenvalue weighted by Gasteiger charge is 2.61. The molecular formula is C28H31F6NO2S. The van der Waals surface area contributed by atoms with Crippen LogP contribution in [0.15, 0.2) is 30.4 Å². The molecular weight excluding hydrogens is 528 g/mol. The van der Waals surface area contributed by atoms with Crippen LogP contribution in [0.4, 0.5) is 32.0 Å². The zero-order valence-electron chi connectivity index (χ0n) is 21.4. The van der Waals surface area contributed by atoms with Crippen LogP contribution in [0.1, 0.15) is 64.0 Å². The molecule has 5 rings (SSSR count). The highest BCUT2D eigenvalue weighted by atomic mass is 32.2. The number of fused-ring (bicyclic) bond motifs is 5. The van der Waals surface area contributed by atoms with Crippen molar-refractivity contribution in [3.05, 3.63) is 41.5 Å². The first-order chi connectivity index (χ1) is 17.5. The second-order valence-corrected chi connectivity index (χ2v) is 13.4. The molecule has 3 saturated carbocycles. The first-order valence-electron chi connectivity index (χ1n) is 13.0. The quantitative estimate of drug-likeness (QED) is 0.374. The van der Waals surface area contributed by atoms with E-state index < -0.39 is 41.0 Å². The molecule has 3 aliphatic carbocycles. The van der Waals surface area contributed by atoms with Crippen molar-refractivity contribution in [1.82, 2.24) is 0 Å². The standard InChI is InChI=1S/C28H31F6NO2S/c1-14-11-20-26(3,10-8-21(36)38-20)16-7-9-25(2)13-15(12-18(25)22(14)16)24(37)35-19-6-4-5-17(27(29,30)31)23(19)28(32,33)34/h4-6,8,10,14-16,18,20,22H,7,9,11-13H2,1-3H3,(H,35,37)/t14?,15?,16-,18+,20?,22-,25-,26-/m1/s1. The Morgan fingerprint density at radius 3 is 2.42 bits per heavy atom. The normalized spacial score (nSPS) is 38.8. The number of amides is 1. The van der Waals surface area contributed by atoms with Crippen LogP contribution in [0.2, 0.25) is 0 Å². The molecule has 4 aliphatic rings. The van der Waals surface area contributed by atoms with E-state index in [2.05, 4.69) is 32.2 Å². The fraction of sp³-hybridized carbons (Fsp3) is 0.643. The summed E-state index contributed by atoms with van der Waals surface area (Å²) in [6, 6.07) is 2.15.